The molecule has 2 aromatic rings. The molecular weight excluding hydrogens is 289 g/mol. The van der Waals surface area contributed by atoms with Gasteiger partial charge in [0.1, 0.15) is 0 Å². The van der Waals surface area contributed by atoms with Gasteiger partial charge in [-0.25, -0.2) is 4.98 Å². The van der Waals surface area contributed by atoms with Gasteiger partial charge in [0.25, 0.3) is 0 Å². The van der Waals surface area contributed by atoms with E-state index in [4.69, 9.17) is 23.2 Å². The van der Waals surface area contributed by atoms with Gasteiger partial charge >= 0.3 is 0 Å². The molecule has 0 aliphatic heterocycles. The summed E-state index contributed by atoms with van der Waals surface area (Å²) in [5.74, 6) is 0.0605. The number of hydrogen-bond acceptors (Lipinski definition) is 3. The van der Waals surface area contributed by atoms with E-state index in [0.29, 0.717) is 16.5 Å². The van der Waals surface area contributed by atoms with Crippen LogP contribution in [0.2, 0.25) is 10.0 Å². The van der Waals surface area contributed by atoms with Crippen LogP contribution >= 0.6 is 34.5 Å². The number of aromatic nitrogens is 1. The Bertz CT molecular complexity index is 607. The monoisotopic (exact) mass is 299 g/mol. The first kappa shape index (κ1) is 13.5. The van der Waals surface area contributed by atoms with E-state index in [1.54, 1.807) is 13.0 Å². The number of hydrogen-bond donors (Lipinski definition) is 0. The number of aryl methyl sites for hydroxylation is 1. The minimum atomic E-state index is 0.0605. The fraction of sp³-hybridized carbons (Fsp3) is 0.231. The largest absolute Gasteiger partial charge is 0.294 e. The highest BCUT2D eigenvalue weighted by Crippen LogP contribution is 2.26. The Balaban J connectivity index is 2.26. The van der Waals surface area contributed by atoms with Crippen LogP contribution in [0.25, 0.3) is 0 Å². The summed E-state index contributed by atoms with van der Waals surface area (Å²) in [7, 11) is 0. The van der Waals surface area contributed by atoms with E-state index >= 15 is 0 Å². The number of benzene rings is 1. The van der Waals surface area contributed by atoms with Crippen molar-refractivity contribution in [2.75, 3.05) is 0 Å². The van der Waals surface area contributed by atoms with Gasteiger partial charge in [0.15, 0.2) is 5.78 Å². The SMILES string of the molecule is CC(=O)c1sc(Cc2ccc(Cl)c(Cl)c2)nc1C. The molecule has 0 spiro atoms. The highest BCUT2D eigenvalue weighted by atomic mass is 35.5. The maximum atomic E-state index is 11.4. The summed E-state index contributed by atoms with van der Waals surface area (Å²) in [6, 6.07) is 5.51. The first-order valence-corrected chi connectivity index (χ1v) is 6.96. The molecule has 0 saturated carbocycles. The van der Waals surface area contributed by atoms with Gasteiger partial charge in [0.2, 0.25) is 0 Å². The van der Waals surface area contributed by atoms with Crippen LogP contribution < -0.4 is 0 Å². The van der Waals surface area contributed by atoms with E-state index in [2.05, 4.69) is 4.98 Å². The molecule has 0 saturated heterocycles. The third-order valence-corrected chi connectivity index (χ3v) is 4.50. The molecule has 2 rings (SSSR count). The highest BCUT2D eigenvalue weighted by Gasteiger charge is 2.12. The molecule has 0 bridgehead atoms. The Morgan fingerprint density at radius 2 is 2.06 bits per heavy atom. The number of ketones is 1. The molecule has 5 heteroatoms. The van der Waals surface area contributed by atoms with E-state index in [9.17, 15) is 4.79 Å². The van der Waals surface area contributed by atoms with Crippen molar-refractivity contribution in [1.29, 1.82) is 0 Å². The predicted molar refractivity (Wildman–Crippen MR) is 76.1 cm³/mol. The highest BCUT2D eigenvalue weighted by molar-refractivity contribution is 7.13. The zero-order valence-electron chi connectivity index (χ0n) is 9.96. The molecule has 94 valence electrons. The average molecular weight is 300 g/mol. The summed E-state index contributed by atoms with van der Waals surface area (Å²) in [6.45, 7) is 3.41. The zero-order chi connectivity index (χ0) is 13.3. The molecule has 0 fully saturated rings. The number of nitrogens with zero attached hydrogens (tertiary/aromatic N) is 1. The molecule has 18 heavy (non-hydrogen) atoms. The topological polar surface area (TPSA) is 30.0 Å². The quantitative estimate of drug-likeness (QED) is 0.778. The second kappa shape index (κ2) is 5.39. The lowest BCUT2D eigenvalue weighted by Crippen LogP contribution is -1.89. The number of carbonyl (C=O) groups excluding carboxylic acids is 1. The van der Waals surface area contributed by atoms with Crippen LogP contribution in [-0.2, 0) is 6.42 Å². The van der Waals surface area contributed by atoms with Crippen LogP contribution in [0.15, 0.2) is 18.2 Å². The lowest BCUT2D eigenvalue weighted by Gasteiger charge is -2.00. The number of Topliss-reactive ketones (excluding diaryl/α,β-unsaturated/α-hetero) is 1. The maximum Gasteiger partial charge on any atom is 0.171 e. The van der Waals surface area contributed by atoms with Crippen LogP contribution in [0, 0.1) is 6.92 Å². The number of halogens is 2. The van der Waals surface area contributed by atoms with Crippen LogP contribution in [0.5, 0.6) is 0 Å². The molecule has 1 aromatic heterocycles. The third kappa shape index (κ3) is 2.91. The van der Waals surface area contributed by atoms with E-state index in [0.717, 1.165) is 21.1 Å². The van der Waals surface area contributed by atoms with Gasteiger partial charge in [-0.1, -0.05) is 29.3 Å². The van der Waals surface area contributed by atoms with E-state index in [1.807, 2.05) is 19.1 Å². The molecule has 0 amide bonds. The van der Waals surface area contributed by atoms with Crippen molar-refractivity contribution < 1.29 is 4.79 Å². The Morgan fingerprint density at radius 3 is 2.61 bits per heavy atom. The number of thiazole rings is 1. The van der Waals surface area contributed by atoms with Crippen LogP contribution in [0.4, 0.5) is 0 Å². The van der Waals surface area contributed by atoms with Gasteiger partial charge < -0.3 is 0 Å². The summed E-state index contributed by atoms with van der Waals surface area (Å²) >= 11 is 13.3. The predicted octanol–water partition coefficient (Wildman–Crippen LogP) is 4.55. The lowest BCUT2D eigenvalue weighted by molar-refractivity contribution is 0.102. The summed E-state index contributed by atoms with van der Waals surface area (Å²) in [5.41, 5.74) is 1.83. The summed E-state index contributed by atoms with van der Waals surface area (Å²) in [4.78, 5) is 16.5. The van der Waals surface area contributed by atoms with Crippen molar-refractivity contribution in [2.24, 2.45) is 0 Å². The van der Waals surface area contributed by atoms with Crippen molar-refractivity contribution >= 4 is 40.3 Å². The van der Waals surface area contributed by atoms with Crippen molar-refractivity contribution in [3.63, 3.8) is 0 Å². The molecule has 0 aliphatic carbocycles. The molecular formula is C13H11Cl2NOS. The van der Waals surface area contributed by atoms with Gasteiger partial charge in [0.05, 0.1) is 25.6 Å². The fourth-order valence-electron chi connectivity index (χ4n) is 1.68. The summed E-state index contributed by atoms with van der Waals surface area (Å²) in [5, 5.41) is 1.99. The molecule has 0 atom stereocenters. The fourth-order valence-corrected chi connectivity index (χ4v) is 2.99. The van der Waals surface area contributed by atoms with Crippen LogP contribution in [-0.4, -0.2) is 10.8 Å². The minimum Gasteiger partial charge on any atom is -0.294 e. The van der Waals surface area contributed by atoms with E-state index in [1.165, 1.54) is 11.3 Å². The smallest absolute Gasteiger partial charge is 0.171 e. The molecule has 2 nitrogen and oxygen atoms in total. The van der Waals surface area contributed by atoms with Gasteiger partial charge in [-0.15, -0.1) is 11.3 Å². The Labute approximate surface area is 120 Å². The van der Waals surface area contributed by atoms with Crippen molar-refractivity contribution in [1.82, 2.24) is 4.98 Å². The van der Waals surface area contributed by atoms with Crippen molar-refractivity contribution in [3.05, 3.63) is 49.4 Å². The van der Waals surface area contributed by atoms with Gasteiger partial charge in [-0.2, -0.15) is 0 Å². The second-order valence-electron chi connectivity index (χ2n) is 4.00. The lowest BCUT2D eigenvalue weighted by atomic mass is 10.2. The zero-order valence-corrected chi connectivity index (χ0v) is 12.3. The van der Waals surface area contributed by atoms with Crippen LogP contribution in [0.1, 0.15) is 32.9 Å². The Hall–Kier alpha value is -0.900. The Kier molecular flexibility index (Phi) is 4.05. The van der Waals surface area contributed by atoms with Gasteiger partial charge in [-0.3, -0.25) is 4.79 Å². The molecule has 0 N–H and O–H groups in total. The Morgan fingerprint density at radius 1 is 1.33 bits per heavy atom. The first-order chi connectivity index (χ1) is 8.47. The molecule has 0 radical (unpaired) electrons. The van der Waals surface area contributed by atoms with Gasteiger partial charge in [0, 0.05) is 13.3 Å². The van der Waals surface area contributed by atoms with Crippen LogP contribution in [0.3, 0.4) is 0 Å². The maximum absolute atomic E-state index is 11.4. The third-order valence-electron chi connectivity index (χ3n) is 2.50. The molecule has 1 aromatic carbocycles. The number of carbonyl (C=O) groups is 1. The van der Waals surface area contributed by atoms with Crippen molar-refractivity contribution in [3.8, 4) is 0 Å². The molecule has 0 aliphatic rings. The minimum absolute atomic E-state index is 0.0605. The first-order valence-electron chi connectivity index (χ1n) is 5.38. The number of rotatable bonds is 3. The van der Waals surface area contributed by atoms with E-state index in [-0.39, 0.29) is 5.78 Å². The average Bonchev–Trinajstić information content (AvgIpc) is 2.65. The second-order valence-corrected chi connectivity index (χ2v) is 5.90. The van der Waals surface area contributed by atoms with E-state index < -0.39 is 0 Å². The van der Waals surface area contributed by atoms with Crippen molar-refractivity contribution in [2.45, 2.75) is 20.3 Å². The summed E-state index contributed by atoms with van der Waals surface area (Å²) < 4.78 is 0. The standard InChI is InChI=1S/C13H11Cl2NOS/c1-7-13(8(2)17)18-12(16-7)6-9-3-4-10(14)11(15)5-9/h3-5H,6H2,1-2H3. The molecule has 0 unspecified atom stereocenters. The molecule has 1 heterocycles. The van der Waals surface area contributed by atoms with Gasteiger partial charge in [-0.05, 0) is 24.6 Å². The normalized spacial score (nSPS) is 10.7. The summed E-state index contributed by atoms with van der Waals surface area (Å²) in [6.07, 6.45) is 0.662.